The average Bonchev–Trinajstić information content (AvgIpc) is 2.79. The molecule has 0 saturated carbocycles. The topological polar surface area (TPSA) is 49.8 Å². The van der Waals surface area contributed by atoms with E-state index >= 15 is 0 Å². The molecule has 0 bridgehead atoms. The predicted molar refractivity (Wildman–Crippen MR) is 64.5 cm³/mol. The van der Waals surface area contributed by atoms with E-state index in [2.05, 4.69) is 11.0 Å². The van der Waals surface area contributed by atoms with Crippen molar-refractivity contribution in [2.24, 2.45) is 0 Å². The molecule has 0 amide bonds. The Bertz CT molecular complexity index is 369. The van der Waals surface area contributed by atoms with E-state index in [0.717, 1.165) is 30.7 Å². The molecule has 1 N–H and O–H groups in total. The van der Waals surface area contributed by atoms with Crippen LogP contribution in [0.1, 0.15) is 20.3 Å². The van der Waals surface area contributed by atoms with Crippen molar-refractivity contribution in [3.63, 3.8) is 0 Å². The molecule has 2 heterocycles. The first-order chi connectivity index (χ1) is 8.08. The Labute approximate surface area is 102 Å². The van der Waals surface area contributed by atoms with Crippen LogP contribution in [0.5, 0.6) is 0 Å². The minimum atomic E-state index is -0.314. The van der Waals surface area contributed by atoms with Crippen LogP contribution in [-0.2, 0) is 9.53 Å². The van der Waals surface area contributed by atoms with Crippen LogP contribution in [0.4, 0.5) is 0 Å². The third-order valence-corrected chi connectivity index (χ3v) is 3.23. The van der Waals surface area contributed by atoms with Gasteiger partial charge in [-0.05, 0) is 25.8 Å². The molecule has 0 radical (unpaired) electrons. The van der Waals surface area contributed by atoms with Crippen LogP contribution >= 0.6 is 0 Å². The zero-order valence-corrected chi connectivity index (χ0v) is 10.3. The average molecular weight is 237 g/mol. The van der Waals surface area contributed by atoms with Gasteiger partial charge in [0, 0.05) is 19.2 Å². The number of aliphatic hydroxyl groups excluding tert-OH is 1. The summed E-state index contributed by atoms with van der Waals surface area (Å²) in [6.45, 7) is 5.79. The Balaban J connectivity index is 1.88. The van der Waals surface area contributed by atoms with Gasteiger partial charge in [-0.3, -0.25) is 4.90 Å². The lowest BCUT2D eigenvalue weighted by Crippen LogP contribution is -2.33. The summed E-state index contributed by atoms with van der Waals surface area (Å²) in [5, 5.41) is 9.85. The van der Waals surface area contributed by atoms with Crippen molar-refractivity contribution in [1.82, 2.24) is 4.90 Å². The summed E-state index contributed by atoms with van der Waals surface area (Å²) < 4.78 is 5.17. The Kier molecular flexibility index (Phi) is 3.64. The maximum atomic E-state index is 11.4. The number of esters is 1. The Morgan fingerprint density at radius 3 is 3.12 bits per heavy atom. The van der Waals surface area contributed by atoms with E-state index in [0.29, 0.717) is 6.61 Å². The smallest absolute Gasteiger partial charge is 0.331 e. The molecule has 2 aliphatic rings. The van der Waals surface area contributed by atoms with Gasteiger partial charge in [-0.2, -0.15) is 0 Å². The van der Waals surface area contributed by atoms with Gasteiger partial charge in [-0.25, -0.2) is 4.79 Å². The summed E-state index contributed by atoms with van der Waals surface area (Å²) in [7, 11) is 0. The highest BCUT2D eigenvalue weighted by molar-refractivity contribution is 5.82. The molecule has 4 nitrogen and oxygen atoms in total. The number of carbonyl (C=O) groups excluding carboxylic acids is 1. The number of carbonyl (C=O) groups is 1. The molecule has 0 spiro atoms. The highest BCUT2D eigenvalue weighted by Crippen LogP contribution is 2.29. The van der Waals surface area contributed by atoms with Gasteiger partial charge in [0.15, 0.2) is 0 Å². The predicted octanol–water partition coefficient (Wildman–Crippen LogP) is 0.871. The van der Waals surface area contributed by atoms with Gasteiger partial charge in [-0.1, -0.05) is 11.6 Å². The maximum Gasteiger partial charge on any atom is 0.331 e. The lowest BCUT2D eigenvalue weighted by atomic mass is 10.1. The molecule has 2 aliphatic heterocycles. The molecule has 4 heteroatoms. The van der Waals surface area contributed by atoms with Crippen molar-refractivity contribution in [3.8, 4) is 0 Å². The van der Waals surface area contributed by atoms with Crippen LogP contribution in [-0.4, -0.2) is 47.8 Å². The van der Waals surface area contributed by atoms with E-state index in [-0.39, 0.29) is 18.1 Å². The molecule has 2 atom stereocenters. The molecule has 0 unspecified atom stereocenters. The van der Waals surface area contributed by atoms with Gasteiger partial charge < -0.3 is 9.84 Å². The fourth-order valence-corrected chi connectivity index (χ4v) is 2.46. The Hall–Kier alpha value is -1.13. The zero-order chi connectivity index (χ0) is 12.4. The summed E-state index contributed by atoms with van der Waals surface area (Å²) in [5.74, 6) is -0.308. The molecule has 1 fully saturated rings. The largest absolute Gasteiger partial charge is 0.458 e. The fraction of sp³-hybridized carbons (Fsp3) is 0.615. The van der Waals surface area contributed by atoms with Crippen LogP contribution in [0.25, 0.3) is 0 Å². The number of rotatable bonds is 3. The Morgan fingerprint density at radius 1 is 1.65 bits per heavy atom. The van der Waals surface area contributed by atoms with Gasteiger partial charge >= 0.3 is 5.97 Å². The van der Waals surface area contributed by atoms with Crippen molar-refractivity contribution < 1.29 is 14.6 Å². The van der Waals surface area contributed by atoms with Gasteiger partial charge in [-0.15, -0.1) is 0 Å². The van der Waals surface area contributed by atoms with E-state index < -0.39 is 0 Å². The molecular formula is C13H19NO3. The third-order valence-electron chi connectivity index (χ3n) is 3.23. The second-order valence-electron chi connectivity index (χ2n) is 4.90. The maximum absolute atomic E-state index is 11.4. The van der Waals surface area contributed by atoms with Crippen LogP contribution < -0.4 is 0 Å². The highest BCUT2D eigenvalue weighted by Gasteiger charge is 2.38. The molecule has 1 saturated heterocycles. The number of aliphatic hydroxyl groups is 1. The second-order valence-corrected chi connectivity index (χ2v) is 4.90. The molecule has 0 aromatic heterocycles. The minimum Gasteiger partial charge on any atom is -0.458 e. The van der Waals surface area contributed by atoms with Gasteiger partial charge in [0.2, 0.25) is 0 Å². The highest BCUT2D eigenvalue weighted by atomic mass is 16.5. The van der Waals surface area contributed by atoms with E-state index in [4.69, 9.17) is 4.74 Å². The van der Waals surface area contributed by atoms with Crippen molar-refractivity contribution in [3.05, 3.63) is 23.3 Å². The standard InChI is InChI=1S/C13H19NO3/c1-9(2)7-12(16)17-8-10-3-5-14-6-4-11(15)13(10)14/h3,7,11,13,15H,4-6,8H2,1-2H3/t11-,13-/m1/s1. The number of fused-ring (bicyclic) bond motifs is 1. The number of hydrogen-bond donors (Lipinski definition) is 1. The lowest BCUT2D eigenvalue weighted by molar-refractivity contribution is -0.137. The van der Waals surface area contributed by atoms with E-state index in [1.807, 2.05) is 13.8 Å². The summed E-state index contributed by atoms with van der Waals surface area (Å²) in [4.78, 5) is 13.6. The van der Waals surface area contributed by atoms with E-state index in [9.17, 15) is 9.90 Å². The lowest BCUT2D eigenvalue weighted by Gasteiger charge is -2.20. The van der Waals surface area contributed by atoms with Crippen LogP contribution in [0, 0.1) is 0 Å². The van der Waals surface area contributed by atoms with Gasteiger partial charge in [0.05, 0.1) is 12.1 Å². The molecule has 2 rings (SSSR count). The first kappa shape index (κ1) is 12.3. The zero-order valence-electron chi connectivity index (χ0n) is 10.3. The molecule has 0 aromatic rings. The molecular weight excluding hydrogens is 218 g/mol. The third kappa shape index (κ3) is 2.76. The minimum absolute atomic E-state index is 0.0644. The first-order valence-electron chi connectivity index (χ1n) is 6.00. The normalized spacial score (nSPS) is 27.6. The SMILES string of the molecule is CC(C)=CC(=O)OCC1=CCN2CC[C@@H](O)[C@@H]12. The van der Waals surface area contributed by atoms with Gasteiger partial charge in [0.25, 0.3) is 0 Å². The van der Waals surface area contributed by atoms with E-state index in [1.54, 1.807) is 0 Å². The molecule has 94 valence electrons. The van der Waals surface area contributed by atoms with Crippen LogP contribution in [0.2, 0.25) is 0 Å². The number of hydrogen-bond acceptors (Lipinski definition) is 4. The van der Waals surface area contributed by atoms with Gasteiger partial charge in [0.1, 0.15) is 6.61 Å². The van der Waals surface area contributed by atoms with Crippen LogP contribution in [0.15, 0.2) is 23.3 Å². The molecule has 0 aliphatic carbocycles. The Morgan fingerprint density at radius 2 is 2.41 bits per heavy atom. The van der Waals surface area contributed by atoms with E-state index in [1.165, 1.54) is 6.08 Å². The summed E-state index contributed by atoms with van der Waals surface area (Å²) >= 11 is 0. The first-order valence-corrected chi connectivity index (χ1v) is 6.00. The summed E-state index contributed by atoms with van der Waals surface area (Å²) in [6.07, 6.45) is 4.04. The monoisotopic (exact) mass is 237 g/mol. The summed E-state index contributed by atoms with van der Waals surface area (Å²) in [6, 6.07) is 0.0644. The van der Waals surface area contributed by atoms with Crippen molar-refractivity contribution >= 4 is 5.97 Å². The van der Waals surface area contributed by atoms with Crippen molar-refractivity contribution in [2.75, 3.05) is 19.7 Å². The molecule has 17 heavy (non-hydrogen) atoms. The number of ether oxygens (including phenoxy) is 1. The summed E-state index contributed by atoms with van der Waals surface area (Å²) in [5.41, 5.74) is 1.96. The second kappa shape index (κ2) is 5.02. The quantitative estimate of drug-likeness (QED) is 0.449. The van der Waals surface area contributed by atoms with Crippen molar-refractivity contribution in [2.45, 2.75) is 32.4 Å². The molecule has 0 aromatic carbocycles. The van der Waals surface area contributed by atoms with Crippen LogP contribution in [0.3, 0.4) is 0 Å². The van der Waals surface area contributed by atoms with Crippen molar-refractivity contribution in [1.29, 1.82) is 0 Å². The number of allylic oxidation sites excluding steroid dienone is 1. The number of nitrogens with zero attached hydrogens (tertiary/aromatic N) is 1. The fourth-order valence-electron chi connectivity index (χ4n) is 2.46.